The Balaban J connectivity index is 0.000000139. The molecule has 0 radical (unpaired) electrons. The third-order valence-corrected chi connectivity index (χ3v) is 7.68. The van der Waals surface area contributed by atoms with E-state index in [2.05, 4.69) is 39.0 Å². The molecule has 3 heterocycles. The van der Waals surface area contributed by atoms with E-state index in [1.54, 1.807) is 75.0 Å². The number of aliphatic hydroxyl groups is 1. The van der Waals surface area contributed by atoms with E-state index in [4.69, 9.17) is 33.7 Å². The molecular weight excluding hydrogens is 627 g/mol. The van der Waals surface area contributed by atoms with Crippen LogP contribution >= 0.6 is 23.2 Å². The summed E-state index contributed by atoms with van der Waals surface area (Å²) in [6, 6.07) is 10.2. The maximum absolute atomic E-state index is 11.6. The lowest BCUT2D eigenvalue weighted by Crippen LogP contribution is -2.36. The number of benzene rings is 2. The molecule has 2 aromatic heterocycles. The SMILES string of the molecule is C[C@@]1(C#CC2CC2)OC(=O)Nc2ccc(Cl)cc21.C[C@](O)(C#CC1CC1)c1cc(Cl)ccc1N.O=C(n1ccnc1)n1ccnc1. The van der Waals surface area contributed by atoms with Gasteiger partial charge in [0.25, 0.3) is 0 Å². The van der Waals surface area contributed by atoms with Gasteiger partial charge in [0.15, 0.2) is 5.60 Å². The van der Waals surface area contributed by atoms with E-state index in [0.29, 0.717) is 38.8 Å². The van der Waals surface area contributed by atoms with Crippen molar-refractivity contribution < 1.29 is 19.4 Å². The van der Waals surface area contributed by atoms with E-state index < -0.39 is 17.3 Å². The second kappa shape index (κ2) is 13.7. The molecule has 1 amide bonds. The molecule has 2 saturated carbocycles. The minimum Gasteiger partial charge on any atom is -0.425 e. The summed E-state index contributed by atoms with van der Waals surface area (Å²) in [4.78, 5) is 30.5. The Morgan fingerprint density at radius 1 is 1.02 bits per heavy atom. The molecule has 46 heavy (non-hydrogen) atoms. The van der Waals surface area contributed by atoms with Crippen LogP contribution in [-0.4, -0.2) is 36.3 Å². The summed E-state index contributed by atoms with van der Waals surface area (Å²) in [7, 11) is 0. The number of aromatic nitrogens is 4. The lowest BCUT2D eigenvalue weighted by atomic mass is 9.93. The molecule has 10 nitrogen and oxygen atoms in total. The van der Waals surface area contributed by atoms with E-state index in [1.165, 1.54) is 21.8 Å². The number of hydrogen-bond acceptors (Lipinski definition) is 7. The number of nitrogens with two attached hydrogens (primary N) is 1. The zero-order valence-corrected chi connectivity index (χ0v) is 26.7. The van der Waals surface area contributed by atoms with Crippen LogP contribution in [0.4, 0.5) is 21.0 Å². The lowest BCUT2D eigenvalue weighted by Gasteiger charge is -2.31. The average molecular weight is 660 g/mol. The van der Waals surface area contributed by atoms with Gasteiger partial charge >= 0.3 is 12.1 Å². The standard InChI is InChI=1S/C14H12ClNO2.C13H14ClNO.C7H6N4O/c1-14(7-6-9-2-3-9)11-8-10(15)4-5-12(11)16-13(17)18-14;1-13(16,7-6-9-2-3-9)11-8-10(14)4-5-12(11)15;12-7(10-3-1-8-5-10)11-4-2-9-6-11/h4-5,8-9H,2-3H2,1H3,(H,16,17);4-5,8-9,16H,2-3,15H2,1H3;1-6H/t14-;13-;/m00./s1. The van der Waals surface area contributed by atoms with Gasteiger partial charge in [-0.25, -0.2) is 19.6 Å². The van der Waals surface area contributed by atoms with Crippen LogP contribution in [0.2, 0.25) is 10.0 Å². The molecule has 2 fully saturated rings. The van der Waals surface area contributed by atoms with E-state index in [0.717, 1.165) is 31.2 Å². The summed E-state index contributed by atoms with van der Waals surface area (Å²) in [5, 5.41) is 14.1. The van der Waals surface area contributed by atoms with Gasteiger partial charge in [0.05, 0.1) is 5.69 Å². The van der Waals surface area contributed by atoms with E-state index >= 15 is 0 Å². The Bertz CT molecular complexity index is 1810. The summed E-state index contributed by atoms with van der Waals surface area (Å²) >= 11 is 11.9. The van der Waals surface area contributed by atoms with Crippen molar-refractivity contribution in [1.29, 1.82) is 0 Å². The fourth-order valence-corrected chi connectivity index (χ4v) is 4.67. The first-order valence-corrected chi connectivity index (χ1v) is 15.3. The highest BCUT2D eigenvalue weighted by atomic mass is 35.5. The van der Waals surface area contributed by atoms with Gasteiger partial charge in [-0.1, -0.05) is 46.9 Å². The summed E-state index contributed by atoms with van der Waals surface area (Å²) in [6.07, 6.45) is 13.2. The summed E-state index contributed by atoms with van der Waals surface area (Å²) in [5.74, 6) is 13.1. The van der Waals surface area contributed by atoms with Gasteiger partial charge in [-0.15, -0.1) is 0 Å². The predicted octanol–water partition coefficient (Wildman–Crippen LogP) is 6.67. The van der Waals surface area contributed by atoms with Crippen molar-refractivity contribution in [2.24, 2.45) is 11.8 Å². The highest BCUT2D eigenvalue weighted by Gasteiger charge is 2.37. The molecule has 1 aliphatic heterocycles. The molecule has 4 aromatic rings. The molecule has 12 heteroatoms. The van der Waals surface area contributed by atoms with Gasteiger partial charge in [-0.3, -0.25) is 14.5 Å². The van der Waals surface area contributed by atoms with E-state index in [1.807, 2.05) is 0 Å². The highest BCUT2D eigenvalue weighted by molar-refractivity contribution is 6.31. The second-order valence-corrected chi connectivity index (χ2v) is 12.2. The van der Waals surface area contributed by atoms with E-state index in [9.17, 15) is 14.7 Å². The first kappa shape index (κ1) is 32.6. The van der Waals surface area contributed by atoms with Crippen molar-refractivity contribution >= 4 is 46.7 Å². The Morgan fingerprint density at radius 2 is 1.61 bits per heavy atom. The Labute approximate surface area is 276 Å². The molecule has 236 valence electrons. The fourth-order valence-electron chi connectivity index (χ4n) is 4.32. The molecule has 2 aromatic carbocycles. The van der Waals surface area contributed by atoms with Crippen LogP contribution in [-0.2, 0) is 15.9 Å². The van der Waals surface area contributed by atoms with Crippen LogP contribution in [0.25, 0.3) is 0 Å². The molecule has 2 aliphatic carbocycles. The summed E-state index contributed by atoms with van der Waals surface area (Å²) in [6.45, 7) is 3.45. The third-order valence-electron chi connectivity index (χ3n) is 7.21. The van der Waals surface area contributed by atoms with Crippen molar-refractivity contribution in [2.75, 3.05) is 11.1 Å². The van der Waals surface area contributed by atoms with Crippen molar-refractivity contribution in [3.05, 3.63) is 95.0 Å². The maximum atomic E-state index is 11.6. The molecule has 4 N–H and O–H groups in total. The van der Waals surface area contributed by atoms with Gasteiger partial charge in [-0.2, -0.15) is 0 Å². The molecule has 3 aliphatic rings. The van der Waals surface area contributed by atoms with Gasteiger partial charge < -0.3 is 15.6 Å². The van der Waals surface area contributed by atoms with Gasteiger partial charge in [-0.05, 0) is 75.9 Å². The predicted molar refractivity (Wildman–Crippen MR) is 176 cm³/mol. The number of fused-ring (bicyclic) bond motifs is 1. The van der Waals surface area contributed by atoms with Crippen LogP contribution in [0.5, 0.6) is 0 Å². The molecule has 7 rings (SSSR count). The number of imidazole rings is 2. The van der Waals surface area contributed by atoms with Crippen molar-refractivity contribution in [3.8, 4) is 23.7 Å². The molecular formula is C34H32Cl2N6O4. The molecule has 0 unspecified atom stereocenters. The van der Waals surface area contributed by atoms with Gasteiger partial charge in [0.1, 0.15) is 18.3 Å². The molecule has 0 bridgehead atoms. The van der Waals surface area contributed by atoms with E-state index in [-0.39, 0.29) is 6.03 Å². The average Bonchev–Trinajstić information content (AvgIpc) is 3.92. The smallest absolute Gasteiger partial charge is 0.413 e. The molecule has 0 spiro atoms. The first-order chi connectivity index (χ1) is 21.9. The Morgan fingerprint density at radius 3 is 2.20 bits per heavy atom. The van der Waals surface area contributed by atoms with Crippen LogP contribution < -0.4 is 11.1 Å². The first-order valence-electron chi connectivity index (χ1n) is 14.6. The molecule has 2 atom stereocenters. The van der Waals surface area contributed by atoms with Crippen LogP contribution in [0, 0.1) is 35.5 Å². The number of rotatable bonds is 1. The van der Waals surface area contributed by atoms with Crippen molar-refractivity contribution in [3.63, 3.8) is 0 Å². The largest absolute Gasteiger partial charge is 0.425 e. The van der Waals surface area contributed by atoms with Gasteiger partial charge in [0.2, 0.25) is 0 Å². The number of halogens is 2. The second-order valence-electron chi connectivity index (χ2n) is 11.4. The number of anilines is 2. The zero-order chi connectivity index (χ0) is 32.9. The van der Waals surface area contributed by atoms with Crippen LogP contribution in [0.3, 0.4) is 0 Å². The number of hydrogen-bond donors (Lipinski definition) is 3. The number of carbonyl (C=O) groups is 2. The number of ether oxygens (including phenoxy) is 1. The fraction of sp³-hybridized carbons (Fsp3) is 0.294. The zero-order valence-electron chi connectivity index (χ0n) is 25.2. The Kier molecular flexibility index (Phi) is 9.74. The number of amides is 1. The van der Waals surface area contributed by atoms with Crippen molar-refractivity contribution in [2.45, 2.75) is 50.7 Å². The third kappa shape index (κ3) is 8.49. The number of nitrogen functional groups attached to an aromatic ring is 1. The van der Waals surface area contributed by atoms with Crippen LogP contribution in [0.1, 0.15) is 50.7 Å². The summed E-state index contributed by atoms with van der Waals surface area (Å²) < 4.78 is 8.10. The molecule has 0 saturated heterocycles. The minimum atomic E-state index is -1.22. The highest BCUT2D eigenvalue weighted by Crippen LogP contribution is 2.38. The van der Waals surface area contributed by atoms with Crippen molar-refractivity contribution in [1.82, 2.24) is 19.1 Å². The number of nitrogens with zero attached hydrogens (tertiary/aromatic N) is 4. The maximum Gasteiger partial charge on any atom is 0.413 e. The summed E-state index contributed by atoms with van der Waals surface area (Å²) in [5.41, 5.74) is 6.28. The normalized spacial score (nSPS) is 18.9. The minimum absolute atomic E-state index is 0.190. The Hall–Kier alpha value is -4.74. The van der Waals surface area contributed by atoms with Crippen LogP contribution in [0.15, 0.2) is 73.8 Å². The number of carbonyl (C=O) groups excluding carboxylic acids is 2. The monoisotopic (exact) mass is 658 g/mol. The number of cyclic esters (lactones) is 1. The topological polar surface area (TPSA) is 137 Å². The quantitative estimate of drug-likeness (QED) is 0.153. The van der Waals surface area contributed by atoms with Gasteiger partial charge in [0, 0.05) is 63.5 Å². The lowest BCUT2D eigenvalue weighted by molar-refractivity contribution is 0.0714. The number of nitrogens with one attached hydrogen (secondary N) is 1.